The number of aromatic nitrogens is 1. The Morgan fingerprint density at radius 3 is 2.67 bits per heavy atom. The predicted octanol–water partition coefficient (Wildman–Crippen LogP) is 2.50. The highest BCUT2D eigenvalue weighted by Crippen LogP contribution is 2.19. The number of amides is 1. The van der Waals surface area contributed by atoms with Gasteiger partial charge in [0.25, 0.3) is 0 Å². The van der Waals surface area contributed by atoms with E-state index in [0.717, 1.165) is 31.7 Å². The van der Waals surface area contributed by atoms with Crippen molar-refractivity contribution in [3.05, 3.63) is 65.7 Å². The lowest BCUT2D eigenvalue weighted by atomic mass is 10.0. The van der Waals surface area contributed by atoms with Crippen LogP contribution in [0.4, 0.5) is 4.39 Å². The van der Waals surface area contributed by atoms with Crippen LogP contribution in [-0.2, 0) is 17.8 Å². The first-order valence-electron chi connectivity index (χ1n) is 8.31. The minimum absolute atomic E-state index is 0.0665. The van der Waals surface area contributed by atoms with Gasteiger partial charge in [-0.05, 0) is 41.9 Å². The molecule has 0 bridgehead atoms. The van der Waals surface area contributed by atoms with Gasteiger partial charge >= 0.3 is 0 Å². The number of benzene rings is 1. The van der Waals surface area contributed by atoms with Crippen LogP contribution in [-0.4, -0.2) is 46.4 Å². The van der Waals surface area contributed by atoms with Crippen LogP contribution in [0.25, 0.3) is 0 Å². The fourth-order valence-electron chi connectivity index (χ4n) is 3.05. The fourth-order valence-corrected chi connectivity index (χ4v) is 3.05. The molecule has 1 aliphatic rings. The molecule has 3 rings (SSSR count). The van der Waals surface area contributed by atoms with Crippen LogP contribution < -0.4 is 0 Å². The predicted molar refractivity (Wildman–Crippen MR) is 90.8 cm³/mol. The minimum atomic E-state index is -0.295. The molecule has 4 nitrogen and oxygen atoms in total. The summed E-state index contributed by atoms with van der Waals surface area (Å²) in [6.45, 7) is 5.44. The van der Waals surface area contributed by atoms with Gasteiger partial charge in [-0.3, -0.25) is 14.7 Å². The summed E-state index contributed by atoms with van der Waals surface area (Å²) in [7, 11) is 0. The molecular weight excluding hydrogens is 305 g/mol. The highest BCUT2D eigenvalue weighted by molar-refractivity contribution is 5.79. The summed E-state index contributed by atoms with van der Waals surface area (Å²) in [4.78, 5) is 20.6. The number of pyridine rings is 1. The van der Waals surface area contributed by atoms with E-state index in [4.69, 9.17) is 0 Å². The van der Waals surface area contributed by atoms with Crippen molar-refractivity contribution in [3.8, 4) is 0 Å². The highest BCUT2D eigenvalue weighted by Gasteiger charge is 2.33. The Kier molecular flexibility index (Phi) is 5.20. The first-order valence-corrected chi connectivity index (χ1v) is 8.31. The summed E-state index contributed by atoms with van der Waals surface area (Å²) >= 11 is 0. The second kappa shape index (κ2) is 7.53. The Labute approximate surface area is 141 Å². The van der Waals surface area contributed by atoms with Gasteiger partial charge in [-0.25, -0.2) is 4.39 Å². The number of hydrogen-bond donors (Lipinski definition) is 0. The van der Waals surface area contributed by atoms with Crippen molar-refractivity contribution in [2.45, 2.75) is 25.9 Å². The third-order valence-corrected chi connectivity index (χ3v) is 4.52. The molecule has 1 aromatic heterocycles. The summed E-state index contributed by atoms with van der Waals surface area (Å²) in [6, 6.07) is 10.7. The largest absolute Gasteiger partial charge is 0.339 e. The molecule has 0 unspecified atom stereocenters. The Morgan fingerprint density at radius 1 is 1.25 bits per heavy atom. The molecule has 0 spiro atoms. The van der Waals surface area contributed by atoms with Gasteiger partial charge in [-0.2, -0.15) is 0 Å². The average Bonchev–Trinajstić information content (AvgIpc) is 2.53. The zero-order chi connectivity index (χ0) is 16.9. The number of likely N-dealkylation sites (N-methyl/N-ethyl adjacent to an activating group) is 1. The van der Waals surface area contributed by atoms with E-state index in [1.165, 1.54) is 17.7 Å². The molecule has 0 atom stereocenters. The lowest BCUT2D eigenvalue weighted by Gasteiger charge is -2.45. The topological polar surface area (TPSA) is 36.4 Å². The standard InChI is InChI=1S/C19H22FN3O/c1-2-22(12-15-6-8-21-9-7-15)18-13-23(14-18)19(24)11-16-4-3-5-17(20)10-16/h3-10,18H,2,11-14H2,1H3. The second-order valence-corrected chi connectivity index (χ2v) is 6.18. The fraction of sp³-hybridized carbons (Fsp3) is 0.368. The van der Waals surface area contributed by atoms with E-state index in [-0.39, 0.29) is 18.1 Å². The zero-order valence-corrected chi connectivity index (χ0v) is 13.9. The molecular formula is C19H22FN3O. The van der Waals surface area contributed by atoms with Crippen molar-refractivity contribution < 1.29 is 9.18 Å². The summed E-state index contributed by atoms with van der Waals surface area (Å²) < 4.78 is 13.2. The molecule has 0 N–H and O–H groups in total. The van der Waals surface area contributed by atoms with E-state index < -0.39 is 0 Å². The molecule has 2 heterocycles. The number of carbonyl (C=O) groups is 1. The van der Waals surface area contributed by atoms with Crippen LogP contribution in [0.2, 0.25) is 0 Å². The smallest absolute Gasteiger partial charge is 0.227 e. The van der Waals surface area contributed by atoms with Crippen molar-refractivity contribution in [1.29, 1.82) is 0 Å². The van der Waals surface area contributed by atoms with Crippen molar-refractivity contribution in [2.75, 3.05) is 19.6 Å². The summed E-state index contributed by atoms with van der Waals surface area (Å²) in [5, 5.41) is 0. The number of likely N-dealkylation sites (tertiary alicyclic amines) is 1. The van der Waals surface area contributed by atoms with Gasteiger partial charge in [0, 0.05) is 38.1 Å². The van der Waals surface area contributed by atoms with Gasteiger partial charge in [0.2, 0.25) is 5.91 Å². The van der Waals surface area contributed by atoms with Crippen molar-refractivity contribution >= 4 is 5.91 Å². The van der Waals surface area contributed by atoms with Gasteiger partial charge < -0.3 is 4.90 Å². The van der Waals surface area contributed by atoms with Crippen LogP contribution in [0.15, 0.2) is 48.8 Å². The van der Waals surface area contributed by atoms with Crippen LogP contribution in [0, 0.1) is 5.82 Å². The van der Waals surface area contributed by atoms with E-state index in [9.17, 15) is 9.18 Å². The number of hydrogen-bond acceptors (Lipinski definition) is 3. The molecule has 0 saturated carbocycles. The monoisotopic (exact) mass is 327 g/mol. The van der Waals surface area contributed by atoms with Crippen LogP contribution in [0.5, 0.6) is 0 Å². The SMILES string of the molecule is CCN(Cc1ccncc1)C1CN(C(=O)Cc2cccc(F)c2)C1. The first-order chi connectivity index (χ1) is 11.7. The maximum Gasteiger partial charge on any atom is 0.227 e. The maximum atomic E-state index is 13.2. The molecule has 5 heteroatoms. The third kappa shape index (κ3) is 3.97. The maximum absolute atomic E-state index is 13.2. The Hall–Kier alpha value is -2.27. The Balaban J connectivity index is 1.51. The lowest BCUT2D eigenvalue weighted by molar-refractivity contribution is -0.138. The van der Waals surface area contributed by atoms with Crippen LogP contribution in [0.1, 0.15) is 18.1 Å². The van der Waals surface area contributed by atoms with Crippen molar-refractivity contribution in [2.24, 2.45) is 0 Å². The number of carbonyl (C=O) groups excluding carboxylic acids is 1. The Bertz CT molecular complexity index is 686. The van der Waals surface area contributed by atoms with E-state index in [1.54, 1.807) is 24.5 Å². The van der Waals surface area contributed by atoms with Gasteiger partial charge in [0.1, 0.15) is 5.82 Å². The summed E-state index contributed by atoms with van der Waals surface area (Å²) in [5.74, 6) is -0.229. The molecule has 1 fully saturated rings. The minimum Gasteiger partial charge on any atom is -0.339 e. The van der Waals surface area contributed by atoms with E-state index in [1.807, 2.05) is 17.0 Å². The number of halogens is 1. The zero-order valence-electron chi connectivity index (χ0n) is 13.9. The van der Waals surface area contributed by atoms with Gasteiger partial charge in [0.15, 0.2) is 0 Å². The molecule has 2 aromatic rings. The quantitative estimate of drug-likeness (QED) is 0.818. The second-order valence-electron chi connectivity index (χ2n) is 6.18. The number of rotatable bonds is 6. The molecule has 1 amide bonds. The Morgan fingerprint density at radius 2 is 2.00 bits per heavy atom. The summed E-state index contributed by atoms with van der Waals surface area (Å²) in [5.41, 5.74) is 1.96. The molecule has 126 valence electrons. The van der Waals surface area contributed by atoms with Crippen molar-refractivity contribution in [1.82, 2.24) is 14.8 Å². The first kappa shape index (κ1) is 16.6. The third-order valence-electron chi connectivity index (χ3n) is 4.52. The molecule has 0 radical (unpaired) electrons. The van der Waals surface area contributed by atoms with E-state index in [2.05, 4.69) is 16.8 Å². The molecule has 1 aromatic carbocycles. The van der Waals surface area contributed by atoms with Crippen LogP contribution in [0.3, 0.4) is 0 Å². The van der Waals surface area contributed by atoms with Crippen LogP contribution >= 0.6 is 0 Å². The highest BCUT2D eigenvalue weighted by atomic mass is 19.1. The van der Waals surface area contributed by atoms with E-state index in [0.29, 0.717) is 6.04 Å². The molecule has 1 saturated heterocycles. The van der Waals surface area contributed by atoms with Gasteiger partial charge in [-0.1, -0.05) is 19.1 Å². The lowest BCUT2D eigenvalue weighted by Crippen LogP contribution is -2.61. The normalized spacial score (nSPS) is 14.7. The summed E-state index contributed by atoms with van der Waals surface area (Å²) in [6.07, 6.45) is 3.87. The average molecular weight is 327 g/mol. The van der Waals surface area contributed by atoms with Crippen molar-refractivity contribution in [3.63, 3.8) is 0 Å². The molecule has 1 aliphatic heterocycles. The molecule has 24 heavy (non-hydrogen) atoms. The number of nitrogens with zero attached hydrogens (tertiary/aromatic N) is 3. The van der Waals surface area contributed by atoms with E-state index >= 15 is 0 Å². The molecule has 0 aliphatic carbocycles. The van der Waals surface area contributed by atoms with Gasteiger partial charge in [0.05, 0.1) is 6.42 Å². The van der Waals surface area contributed by atoms with Gasteiger partial charge in [-0.15, -0.1) is 0 Å².